The highest BCUT2D eigenvalue weighted by atomic mass is 32.2. The van der Waals surface area contributed by atoms with E-state index in [1.54, 1.807) is 18.2 Å². The lowest BCUT2D eigenvalue weighted by atomic mass is 10.0. The van der Waals surface area contributed by atoms with E-state index < -0.39 is 10.8 Å². The Labute approximate surface area is 164 Å². The Morgan fingerprint density at radius 2 is 1.68 bits per heavy atom. The van der Waals surface area contributed by atoms with Crippen molar-refractivity contribution in [3.63, 3.8) is 0 Å². The number of nitrogens with zero attached hydrogens (tertiary/aromatic N) is 2. The minimum atomic E-state index is -0.508. The van der Waals surface area contributed by atoms with Gasteiger partial charge in [-0.2, -0.15) is 0 Å². The molecule has 1 saturated heterocycles. The Balaban J connectivity index is 1.66. The van der Waals surface area contributed by atoms with Gasteiger partial charge < -0.3 is 0 Å². The van der Waals surface area contributed by atoms with Crippen LogP contribution in [0.4, 0.5) is 10.5 Å². The fourth-order valence-corrected chi connectivity index (χ4v) is 3.98. The molecule has 4 rings (SSSR count). The van der Waals surface area contributed by atoms with E-state index in [0.29, 0.717) is 5.56 Å². The van der Waals surface area contributed by atoms with Crippen molar-refractivity contribution in [1.29, 1.82) is 0 Å². The van der Waals surface area contributed by atoms with Crippen LogP contribution in [0.25, 0.3) is 16.8 Å². The number of thioether (sulfide) groups is 1. The molecule has 1 aliphatic rings. The van der Waals surface area contributed by atoms with Gasteiger partial charge in [0.05, 0.1) is 21.9 Å². The Morgan fingerprint density at radius 1 is 0.964 bits per heavy atom. The lowest BCUT2D eigenvalue weighted by Crippen LogP contribution is -2.27. The minimum absolute atomic E-state index is 0.108. The van der Waals surface area contributed by atoms with Crippen LogP contribution >= 0.6 is 11.8 Å². The molecule has 0 spiro atoms. The van der Waals surface area contributed by atoms with Crippen molar-refractivity contribution in [3.05, 3.63) is 92.9 Å². The highest BCUT2D eigenvalue weighted by molar-refractivity contribution is 8.18. The van der Waals surface area contributed by atoms with Gasteiger partial charge in [0.1, 0.15) is 0 Å². The lowest BCUT2D eigenvalue weighted by molar-refractivity contribution is -0.385. The molecule has 0 radical (unpaired) electrons. The van der Waals surface area contributed by atoms with E-state index in [1.807, 2.05) is 42.5 Å². The second-order valence-electron chi connectivity index (χ2n) is 6.22. The molecule has 1 heterocycles. The van der Waals surface area contributed by atoms with Gasteiger partial charge in [0.25, 0.3) is 16.8 Å². The fourth-order valence-electron chi connectivity index (χ4n) is 3.15. The van der Waals surface area contributed by atoms with Crippen molar-refractivity contribution in [3.8, 4) is 0 Å². The van der Waals surface area contributed by atoms with E-state index in [2.05, 4.69) is 0 Å². The summed E-state index contributed by atoms with van der Waals surface area (Å²) in [4.78, 5) is 37.3. The summed E-state index contributed by atoms with van der Waals surface area (Å²) in [7, 11) is 0. The molecule has 2 amide bonds. The quantitative estimate of drug-likeness (QED) is 0.356. The number of nitro benzene ring substituents is 1. The summed E-state index contributed by atoms with van der Waals surface area (Å²) >= 11 is 0.798. The molecule has 0 bridgehead atoms. The van der Waals surface area contributed by atoms with Gasteiger partial charge in [0.2, 0.25) is 0 Å². The third-order valence-electron chi connectivity index (χ3n) is 4.50. The van der Waals surface area contributed by atoms with Crippen molar-refractivity contribution in [2.75, 3.05) is 0 Å². The second kappa shape index (κ2) is 7.28. The van der Waals surface area contributed by atoms with Crippen LogP contribution in [-0.2, 0) is 11.3 Å². The molecule has 6 nitrogen and oxygen atoms in total. The van der Waals surface area contributed by atoms with Gasteiger partial charge in [-0.3, -0.25) is 24.6 Å². The van der Waals surface area contributed by atoms with Crippen LogP contribution in [0.5, 0.6) is 0 Å². The summed E-state index contributed by atoms with van der Waals surface area (Å²) in [6, 6.07) is 19.6. The molecule has 0 aliphatic carbocycles. The van der Waals surface area contributed by atoms with E-state index in [0.717, 1.165) is 28.1 Å². The van der Waals surface area contributed by atoms with Crippen LogP contribution < -0.4 is 0 Å². The monoisotopic (exact) mass is 390 g/mol. The average Bonchev–Trinajstić information content (AvgIpc) is 2.96. The molecule has 3 aromatic rings. The molecule has 138 valence electrons. The van der Waals surface area contributed by atoms with Crippen molar-refractivity contribution in [2.24, 2.45) is 0 Å². The summed E-state index contributed by atoms with van der Waals surface area (Å²) in [5, 5.41) is 12.8. The van der Waals surface area contributed by atoms with Crippen LogP contribution in [0.3, 0.4) is 0 Å². The summed E-state index contributed by atoms with van der Waals surface area (Å²) in [6.45, 7) is 0.153. The molecule has 7 heteroatoms. The third-order valence-corrected chi connectivity index (χ3v) is 5.41. The predicted molar refractivity (Wildman–Crippen MR) is 109 cm³/mol. The second-order valence-corrected chi connectivity index (χ2v) is 7.22. The van der Waals surface area contributed by atoms with Gasteiger partial charge in [-0.15, -0.1) is 0 Å². The van der Waals surface area contributed by atoms with Crippen molar-refractivity contribution in [2.45, 2.75) is 6.54 Å². The SMILES string of the molecule is O=C1S/C(=C\c2ccccc2[N+](=O)[O-])C(=O)N1Cc1cccc2ccccc12. The summed E-state index contributed by atoms with van der Waals surface area (Å²) in [5.74, 6) is -0.443. The molecule has 0 aromatic heterocycles. The maximum Gasteiger partial charge on any atom is 0.293 e. The number of nitro groups is 1. The predicted octanol–water partition coefficient (Wildman–Crippen LogP) is 4.98. The topological polar surface area (TPSA) is 80.5 Å². The molecule has 28 heavy (non-hydrogen) atoms. The highest BCUT2D eigenvalue weighted by Gasteiger charge is 2.35. The maximum atomic E-state index is 12.8. The fraction of sp³-hybridized carbons (Fsp3) is 0.0476. The molecular formula is C21H14N2O4S. The van der Waals surface area contributed by atoms with Crippen molar-refractivity contribution < 1.29 is 14.5 Å². The van der Waals surface area contributed by atoms with Crippen molar-refractivity contribution >= 4 is 45.4 Å². The van der Waals surface area contributed by atoms with Crippen molar-refractivity contribution in [1.82, 2.24) is 4.90 Å². The Morgan fingerprint density at radius 3 is 2.50 bits per heavy atom. The Bertz CT molecular complexity index is 1150. The van der Waals surface area contributed by atoms with E-state index in [1.165, 1.54) is 17.0 Å². The zero-order chi connectivity index (χ0) is 19.7. The number of benzene rings is 3. The van der Waals surface area contributed by atoms with Crippen LogP contribution in [-0.4, -0.2) is 21.0 Å². The Kier molecular flexibility index (Phi) is 4.67. The first-order chi connectivity index (χ1) is 13.5. The van der Waals surface area contributed by atoms with Gasteiger partial charge in [0.15, 0.2) is 0 Å². The van der Waals surface area contributed by atoms with Gasteiger partial charge in [-0.05, 0) is 40.2 Å². The molecular weight excluding hydrogens is 376 g/mol. The number of hydrogen-bond donors (Lipinski definition) is 0. The van der Waals surface area contributed by atoms with Gasteiger partial charge >= 0.3 is 0 Å². The highest BCUT2D eigenvalue weighted by Crippen LogP contribution is 2.35. The van der Waals surface area contributed by atoms with Gasteiger partial charge in [-0.25, -0.2) is 0 Å². The normalized spacial score (nSPS) is 15.6. The van der Waals surface area contributed by atoms with E-state index in [9.17, 15) is 19.7 Å². The summed E-state index contributed by atoms with van der Waals surface area (Å²) < 4.78 is 0. The maximum absolute atomic E-state index is 12.8. The zero-order valence-electron chi connectivity index (χ0n) is 14.6. The number of amides is 2. The first-order valence-corrected chi connectivity index (χ1v) is 9.31. The number of carbonyl (C=O) groups excluding carboxylic acids is 2. The summed E-state index contributed by atoms with van der Waals surface area (Å²) in [5.41, 5.74) is 1.05. The lowest BCUT2D eigenvalue weighted by Gasteiger charge is -2.14. The molecule has 0 N–H and O–H groups in total. The van der Waals surface area contributed by atoms with E-state index in [4.69, 9.17) is 0 Å². The number of hydrogen-bond acceptors (Lipinski definition) is 5. The smallest absolute Gasteiger partial charge is 0.268 e. The largest absolute Gasteiger partial charge is 0.293 e. The Hall–Kier alpha value is -3.45. The zero-order valence-corrected chi connectivity index (χ0v) is 15.4. The number of imide groups is 1. The first-order valence-electron chi connectivity index (χ1n) is 8.50. The number of para-hydroxylation sites is 1. The molecule has 0 atom stereocenters. The number of fused-ring (bicyclic) bond motifs is 1. The molecule has 1 aliphatic heterocycles. The summed E-state index contributed by atoms with van der Waals surface area (Å²) in [6.07, 6.45) is 1.41. The number of carbonyl (C=O) groups is 2. The van der Waals surface area contributed by atoms with E-state index in [-0.39, 0.29) is 22.4 Å². The van der Waals surface area contributed by atoms with Crippen LogP contribution in [0.15, 0.2) is 71.6 Å². The molecule has 3 aromatic carbocycles. The first kappa shape index (κ1) is 17.9. The van der Waals surface area contributed by atoms with E-state index >= 15 is 0 Å². The van der Waals surface area contributed by atoms with Crippen LogP contribution in [0.1, 0.15) is 11.1 Å². The molecule has 1 fully saturated rings. The number of rotatable bonds is 4. The average molecular weight is 390 g/mol. The van der Waals surface area contributed by atoms with Crippen LogP contribution in [0.2, 0.25) is 0 Å². The van der Waals surface area contributed by atoms with Gasteiger partial charge in [0, 0.05) is 6.07 Å². The van der Waals surface area contributed by atoms with Crippen LogP contribution in [0, 0.1) is 10.1 Å². The molecule has 0 unspecified atom stereocenters. The third kappa shape index (κ3) is 3.27. The van der Waals surface area contributed by atoms with Gasteiger partial charge in [-0.1, -0.05) is 54.6 Å². The minimum Gasteiger partial charge on any atom is -0.268 e. The standard InChI is InChI=1S/C21H14N2O4S/c24-20-19(12-15-7-2-4-11-18(15)23(26)27)28-21(25)22(20)13-16-9-5-8-14-6-1-3-10-17(14)16/h1-12H,13H2/b19-12-. The molecule has 0 saturated carbocycles.